The van der Waals surface area contributed by atoms with Gasteiger partial charge in [-0.2, -0.15) is 0 Å². The van der Waals surface area contributed by atoms with Gasteiger partial charge in [0.25, 0.3) is 0 Å². The number of ether oxygens (including phenoxy) is 1. The molecule has 1 N–H and O–H groups in total. The number of para-hydroxylation sites is 2. The molecular weight excluding hydrogens is 394 g/mol. The summed E-state index contributed by atoms with van der Waals surface area (Å²) in [5.41, 5.74) is 3.27. The molecule has 8 heteroatoms. The van der Waals surface area contributed by atoms with Gasteiger partial charge in [-0.3, -0.25) is 4.79 Å². The molecule has 0 spiro atoms. The van der Waals surface area contributed by atoms with Gasteiger partial charge in [-0.15, -0.1) is 0 Å². The summed E-state index contributed by atoms with van der Waals surface area (Å²) in [6.07, 6.45) is 0. The quantitative estimate of drug-likeness (QED) is 0.619. The molecule has 3 aromatic rings. The maximum absolute atomic E-state index is 12.4. The average Bonchev–Trinajstić information content (AvgIpc) is 3.17. The topological polar surface area (TPSA) is 79.7 Å². The average molecular weight is 422 g/mol. The molecule has 0 aliphatic carbocycles. The number of piperazine rings is 1. The number of anilines is 1. The van der Waals surface area contributed by atoms with Crippen molar-refractivity contribution in [1.82, 2.24) is 19.8 Å². The fourth-order valence-electron chi connectivity index (χ4n) is 3.81. The van der Waals surface area contributed by atoms with Crippen molar-refractivity contribution in [3.8, 4) is 0 Å². The Morgan fingerprint density at radius 1 is 1.00 bits per heavy atom. The van der Waals surface area contributed by atoms with Crippen LogP contribution in [0.5, 0.6) is 0 Å². The summed E-state index contributed by atoms with van der Waals surface area (Å²) >= 11 is 0. The van der Waals surface area contributed by atoms with E-state index < -0.39 is 5.97 Å². The number of hydrogen-bond acceptors (Lipinski definition) is 5. The van der Waals surface area contributed by atoms with Crippen LogP contribution in [0, 0.1) is 0 Å². The zero-order valence-corrected chi connectivity index (χ0v) is 17.7. The van der Waals surface area contributed by atoms with Crippen LogP contribution < -0.4 is 10.2 Å². The normalized spacial score (nSPS) is 14.0. The summed E-state index contributed by atoms with van der Waals surface area (Å²) < 4.78 is 7.09. The molecule has 1 aromatic heterocycles. The molecule has 4 rings (SSSR count). The number of fused-ring (bicyclic) bond motifs is 1. The van der Waals surface area contributed by atoms with Crippen molar-refractivity contribution in [3.05, 3.63) is 60.2 Å². The van der Waals surface area contributed by atoms with Gasteiger partial charge in [0.1, 0.15) is 6.54 Å². The van der Waals surface area contributed by atoms with E-state index in [0.717, 1.165) is 23.5 Å². The summed E-state index contributed by atoms with van der Waals surface area (Å²) in [5, 5.41) is 2.63. The first-order chi connectivity index (χ1) is 15.2. The number of imidazole rings is 1. The van der Waals surface area contributed by atoms with Crippen molar-refractivity contribution in [2.45, 2.75) is 13.5 Å². The molecule has 1 aliphatic rings. The zero-order valence-electron chi connectivity index (χ0n) is 17.7. The number of benzene rings is 2. The SMILES string of the molecule is CCOC(=O)CNC(=O)N1CCN(c2nc3ccccc3n2Cc2ccccc2)CC1. The molecule has 8 nitrogen and oxygen atoms in total. The number of hydrogen-bond donors (Lipinski definition) is 1. The fourth-order valence-corrected chi connectivity index (χ4v) is 3.81. The van der Waals surface area contributed by atoms with E-state index in [0.29, 0.717) is 32.8 Å². The second-order valence-corrected chi connectivity index (χ2v) is 7.41. The van der Waals surface area contributed by atoms with E-state index in [1.165, 1.54) is 5.56 Å². The standard InChI is InChI=1S/C23H27N5O3/c1-2-31-21(29)16-24-23(30)27-14-12-26(13-15-27)22-25-19-10-6-7-11-20(19)28(22)17-18-8-4-3-5-9-18/h3-11H,2,12-17H2,1H3,(H,24,30). The predicted octanol–water partition coefficient (Wildman–Crippen LogP) is 2.48. The van der Waals surface area contributed by atoms with Crippen LogP contribution in [0.25, 0.3) is 11.0 Å². The van der Waals surface area contributed by atoms with Crippen molar-refractivity contribution >= 4 is 29.0 Å². The summed E-state index contributed by atoms with van der Waals surface area (Å²) in [6.45, 7) is 5.13. The number of amides is 2. The second-order valence-electron chi connectivity index (χ2n) is 7.41. The van der Waals surface area contributed by atoms with Crippen molar-refractivity contribution in [3.63, 3.8) is 0 Å². The Hall–Kier alpha value is -3.55. The van der Waals surface area contributed by atoms with Crippen LogP contribution >= 0.6 is 0 Å². The predicted molar refractivity (Wildman–Crippen MR) is 119 cm³/mol. The summed E-state index contributed by atoms with van der Waals surface area (Å²) in [5.74, 6) is 0.487. The van der Waals surface area contributed by atoms with E-state index in [1.807, 2.05) is 36.4 Å². The van der Waals surface area contributed by atoms with Gasteiger partial charge in [0.05, 0.1) is 24.2 Å². The third-order valence-corrected chi connectivity index (χ3v) is 5.36. The smallest absolute Gasteiger partial charge is 0.325 e. The first kappa shape index (κ1) is 20.7. The van der Waals surface area contributed by atoms with E-state index in [2.05, 4.69) is 33.0 Å². The first-order valence-electron chi connectivity index (χ1n) is 10.6. The third kappa shape index (κ3) is 4.79. The summed E-state index contributed by atoms with van der Waals surface area (Å²) in [7, 11) is 0. The Morgan fingerprint density at radius 3 is 2.45 bits per heavy atom. The van der Waals surface area contributed by atoms with Crippen LogP contribution in [0.3, 0.4) is 0 Å². The van der Waals surface area contributed by atoms with Crippen LogP contribution in [-0.2, 0) is 16.1 Å². The molecule has 2 amide bonds. The number of esters is 1. The number of carbonyl (C=O) groups is 2. The first-order valence-corrected chi connectivity index (χ1v) is 10.6. The number of carbonyl (C=O) groups excluding carboxylic acids is 2. The van der Waals surface area contributed by atoms with E-state index in [-0.39, 0.29) is 12.6 Å². The molecule has 0 atom stereocenters. The van der Waals surface area contributed by atoms with Gasteiger partial charge in [0, 0.05) is 26.2 Å². The van der Waals surface area contributed by atoms with Gasteiger partial charge in [-0.1, -0.05) is 42.5 Å². The molecule has 0 unspecified atom stereocenters. The second kappa shape index (κ2) is 9.51. The van der Waals surface area contributed by atoms with Crippen LogP contribution in [0.1, 0.15) is 12.5 Å². The lowest BCUT2D eigenvalue weighted by molar-refractivity contribution is -0.141. The monoisotopic (exact) mass is 421 g/mol. The molecule has 162 valence electrons. The number of urea groups is 1. The van der Waals surface area contributed by atoms with Gasteiger partial charge in [0.2, 0.25) is 5.95 Å². The van der Waals surface area contributed by atoms with E-state index in [1.54, 1.807) is 11.8 Å². The minimum atomic E-state index is -0.427. The van der Waals surface area contributed by atoms with Gasteiger partial charge in [-0.25, -0.2) is 9.78 Å². The largest absolute Gasteiger partial charge is 0.465 e. The lowest BCUT2D eigenvalue weighted by Gasteiger charge is -2.35. The number of rotatable bonds is 6. The maximum atomic E-state index is 12.4. The van der Waals surface area contributed by atoms with Gasteiger partial charge in [-0.05, 0) is 24.6 Å². The van der Waals surface area contributed by atoms with E-state index >= 15 is 0 Å². The highest BCUT2D eigenvalue weighted by atomic mass is 16.5. The minimum Gasteiger partial charge on any atom is -0.465 e. The van der Waals surface area contributed by atoms with Gasteiger partial charge < -0.3 is 24.4 Å². The number of aromatic nitrogens is 2. The maximum Gasteiger partial charge on any atom is 0.325 e. The fraction of sp³-hybridized carbons (Fsp3) is 0.348. The van der Waals surface area contributed by atoms with Crippen LogP contribution in [0.4, 0.5) is 10.7 Å². The Morgan fingerprint density at radius 2 is 1.71 bits per heavy atom. The molecule has 1 fully saturated rings. The van der Waals surface area contributed by atoms with Crippen molar-refractivity contribution in [1.29, 1.82) is 0 Å². The summed E-state index contributed by atoms with van der Waals surface area (Å²) in [6, 6.07) is 18.2. The highest BCUT2D eigenvalue weighted by molar-refractivity contribution is 5.81. The van der Waals surface area contributed by atoms with Gasteiger partial charge >= 0.3 is 12.0 Å². The highest BCUT2D eigenvalue weighted by Gasteiger charge is 2.25. The minimum absolute atomic E-state index is 0.111. The molecule has 1 saturated heterocycles. The summed E-state index contributed by atoms with van der Waals surface area (Å²) in [4.78, 5) is 32.7. The number of nitrogens with zero attached hydrogens (tertiary/aromatic N) is 4. The Labute approximate surface area is 181 Å². The highest BCUT2D eigenvalue weighted by Crippen LogP contribution is 2.25. The Balaban J connectivity index is 1.46. The molecule has 31 heavy (non-hydrogen) atoms. The van der Waals surface area contributed by atoms with E-state index in [4.69, 9.17) is 9.72 Å². The molecule has 0 bridgehead atoms. The van der Waals surface area contributed by atoms with Crippen LogP contribution in [0.15, 0.2) is 54.6 Å². The molecule has 0 radical (unpaired) electrons. The Bertz CT molecular complexity index is 1040. The Kier molecular flexibility index (Phi) is 6.35. The van der Waals surface area contributed by atoms with Crippen LogP contribution in [0.2, 0.25) is 0 Å². The lowest BCUT2D eigenvalue weighted by Crippen LogP contribution is -2.53. The van der Waals surface area contributed by atoms with Crippen molar-refractivity contribution in [2.24, 2.45) is 0 Å². The molecule has 2 heterocycles. The van der Waals surface area contributed by atoms with Crippen LogP contribution in [-0.4, -0.2) is 65.8 Å². The van der Waals surface area contributed by atoms with Gasteiger partial charge in [0.15, 0.2) is 0 Å². The molecule has 1 aliphatic heterocycles. The van der Waals surface area contributed by atoms with Crippen molar-refractivity contribution in [2.75, 3.05) is 44.2 Å². The van der Waals surface area contributed by atoms with E-state index in [9.17, 15) is 9.59 Å². The lowest BCUT2D eigenvalue weighted by atomic mass is 10.2. The molecule has 0 saturated carbocycles. The molecule has 2 aromatic carbocycles. The third-order valence-electron chi connectivity index (χ3n) is 5.36. The number of nitrogens with one attached hydrogen (secondary N) is 1. The molecular formula is C23H27N5O3. The zero-order chi connectivity index (χ0) is 21.6. The van der Waals surface area contributed by atoms with Crippen molar-refractivity contribution < 1.29 is 14.3 Å².